The normalized spacial score (nSPS) is 19.5. The van der Waals surface area contributed by atoms with E-state index in [2.05, 4.69) is 17.9 Å². The molecule has 2 fully saturated rings. The van der Waals surface area contributed by atoms with Crippen LogP contribution in [0.3, 0.4) is 0 Å². The maximum absolute atomic E-state index is 5.46. The standard InChI is InChI=1S/C9H17NS2.C8H17N.Na/c11-9(12)10-7-6-8-4-2-1-3-5-8;9-7-6-8-4-2-1-3-5-8;/h8H,1-7H2,(H2,10,11,12);8H,1-7,9H2;/q;;+1. The van der Waals surface area contributed by atoms with Crippen LogP contribution in [0.5, 0.6) is 0 Å². The summed E-state index contributed by atoms with van der Waals surface area (Å²) in [6.07, 6.45) is 16.9. The molecule has 2 saturated carbocycles. The van der Waals surface area contributed by atoms with Crippen molar-refractivity contribution in [3.05, 3.63) is 0 Å². The largest absolute Gasteiger partial charge is 1.00 e. The Hall–Kier alpha value is 1.20. The van der Waals surface area contributed by atoms with Crippen LogP contribution in [0.25, 0.3) is 0 Å². The number of hydrogen-bond acceptors (Lipinski definition) is 2. The first-order chi connectivity index (χ1) is 10.2. The van der Waals surface area contributed by atoms with Gasteiger partial charge in [0, 0.05) is 6.54 Å². The van der Waals surface area contributed by atoms with Gasteiger partial charge in [0.05, 0.1) is 0 Å². The Morgan fingerprint density at radius 2 is 1.36 bits per heavy atom. The Kier molecular flexibility index (Phi) is 16.6. The van der Waals surface area contributed by atoms with Gasteiger partial charge in [-0.25, -0.2) is 0 Å². The summed E-state index contributed by atoms with van der Waals surface area (Å²) in [4.78, 5) is 0. The molecule has 3 N–H and O–H groups in total. The van der Waals surface area contributed by atoms with Gasteiger partial charge < -0.3 is 11.1 Å². The van der Waals surface area contributed by atoms with Crippen molar-refractivity contribution in [3.8, 4) is 0 Å². The van der Waals surface area contributed by atoms with E-state index >= 15 is 0 Å². The van der Waals surface area contributed by atoms with E-state index in [1.165, 1.54) is 77.0 Å². The zero-order chi connectivity index (χ0) is 15.3. The average molecular weight is 354 g/mol. The molecule has 2 aliphatic rings. The third-order valence-electron chi connectivity index (χ3n) is 4.85. The van der Waals surface area contributed by atoms with Crippen LogP contribution in [0.2, 0.25) is 0 Å². The zero-order valence-corrected chi connectivity index (χ0v) is 18.2. The maximum atomic E-state index is 5.46. The van der Waals surface area contributed by atoms with Crippen LogP contribution in [0.15, 0.2) is 0 Å². The summed E-state index contributed by atoms with van der Waals surface area (Å²) in [5.74, 6) is 1.91. The summed E-state index contributed by atoms with van der Waals surface area (Å²) in [5.41, 5.74) is 5.46. The molecule has 0 unspecified atom stereocenters. The number of nitrogens with one attached hydrogen (secondary N) is 1. The molecule has 5 heteroatoms. The van der Waals surface area contributed by atoms with E-state index in [1.807, 2.05) is 0 Å². The van der Waals surface area contributed by atoms with E-state index in [1.54, 1.807) is 0 Å². The van der Waals surface area contributed by atoms with Crippen molar-refractivity contribution >= 4 is 29.2 Å². The Morgan fingerprint density at radius 3 is 1.77 bits per heavy atom. The quantitative estimate of drug-likeness (QED) is 0.400. The molecule has 2 rings (SSSR count). The van der Waals surface area contributed by atoms with Crippen LogP contribution in [0.4, 0.5) is 0 Å². The van der Waals surface area contributed by atoms with Crippen molar-refractivity contribution < 1.29 is 29.6 Å². The molecule has 124 valence electrons. The smallest absolute Gasteiger partial charge is 0.371 e. The summed E-state index contributed by atoms with van der Waals surface area (Å²) >= 11 is 8.83. The van der Waals surface area contributed by atoms with E-state index in [4.69, 9.17) is 18.0 Å². The minimum atomic E-state index is 0. The first-order valence-electron chi connectivity index (χ1n) is 8.89. The van der Waals surface area contributed by atoms with E-state index in [9.17, 15) is 0 Å². The third-order valence-corrected chi connectivity index (χ3v) is 5.16. The van der Waals surface area contributed by atoms with Gasteiger partial charge in [0.2, 0.25) is 0 Å². The number of nitrogens with two attached hydrogens (primary N) is 1. The van der Waals surface area contributed by atoms with Gasteiger partial charge in [0.25, 0.3) is 0 Å². The molecule has 0 bridgehead atoms. The fourth-order valence-corrected chi connectivity index (χ4v) is 3.78. The third kappa shape index (κ3) is 12.6. The van der Waals surface area contributed by atoms with Gasteiger partial charge in [-0.2, -0.15) is 0 Å². The molecule has 0 aliphatic heterocycles. The van der Waals surface area contributed by atoms with Crippen LogP contribution in [0.1, 0.15) is 77.0 Å². The molecule has 0 atom stereocenters. The molecule has 0 aromatic carbocycles. The summed E-state index contributed by atoms with van der Waals surface area (Å²) < 4.78 is 0.630. The van der Waals surface area contributed by atoms with Crippen molar-refractivity contribution in [1.29, 1.82) is 0 Å². The number of thiol groups is 1. The molecular formula is C17H34N2NaS2+. The van der Waals surface area contributed by atoms with E-state index < -0.39 is 0 Å². The molecule has 0 amide bonds. The second-order valence-electron chi connectivity index (χ2n) is 6.61. The second-order valence-corrected chi connectivity index (χ2v) is 7.76. The molecular weight excluding hydrogens is 319 g/mol. The van der Waals surface area contributed by atoms with Gasteiger partial charge in [0.1, 0.15) is 4.32 Å². The fraction of sp³-hybridized carbons (Fsp3) is 0.941. The van der Waals surface area contributed by atoms with E-state index in [0.29, 0.717) is 4.32 Å². The number of thiocarbonyl (C=S) groups is 1. The van der Waals surface area contributed by atoms with Gasteiger partial charge in [-0.3, -0.25) is 0 Å². The van der Waals surface area contributed by atoms with Gasteiger partial charge >= 0.3 is 29.6 Å². The molecule has 0 aromatic heterocycles. The summed E-state index contributed by atoms with van der Waals surface area (Å²) in [6, 6.07) is 0. The molecule has 0 aromatic rings. The molecule has 0 radical (unpaired) electrons. The second kappa shape index (κ2) is 15.7. The minimum Gasteiger partial charge on any atom is -0.371 e. The first kappa shape index (κ1) is 23.2. The van der Waals surface area contributed by atoms with Crippen molar-refractivity contribution in [3.63, 3.8) is 0 Å². The van der Waals surface area contributed by atoms with Crippen LogP contribution in [0, 0.1) is 11.8 Å². The fourth-order valence-electron chi connectivity index (χ4n) is 3.57. The average Bonchev–Trinajstić information content (AvgIpc) is 2.50. The minimum absolute atomic E-state index is 0. The van der Waals surface area contributed by atoms with Crippen LogP contribution < -0.4 is 40.6 Å². The molecule has 2 aliphatic carbocycles. The molecule has 2 nitrogen and oxygen atoms in total. The Morgan fingerprint density at radius 1 is 0.909 bits per heavy atom. The topological polar surface area (TPSA) is 38.0 Å². The van der Waals surface area contributed by atoms with Gasteiger partial charge in [-0.1, -0.05) is 76.4 Å². The van der Waals surface area contributed by atoms with Crippen molar-refractivity contribution in [1.82, 2.24) is 5.32 Å². The molecule has 0 heterocycles. The number of hydrogen-bond donors (Lipinski definition) is 3. The van der Waals surface area contributed by atoms with Crippen molar-refractivity contribution in [2.24, 2.45) is 17.6 Å². The Bertz CT molecular complexity index is 263. The maximum Gasteiger partial charge on any atom is 1.00 e. The van der Waals surface area contributed by atoms with Crippen molar-refractivity contribution in [2.75, 3.05) is 13.1 Å². The van der Waals surface area contributed by atoms with E-state index in [-0.39, 0.29) is 29.6 Å². The van der Waals surface area contributed by atoms with Crippen LogP contribution in [-0.4, -0.2) is 17.4 Å². The Labute approximate surface area is 170 Å². The summed E-state index contributed by atoms with van der Waals surface area (Å²) in [7, 11) is 0. The van der Waals surface area contributed by atoms with Gasteiger partial charge in [-0.05, 0) is 31.2 Å². The molecule has 22 heavy (non-hydrogen) atoms. The van der Waals surface area contributed by atoms with E-state index in [0.717, 1.165) is 24.9 Å². The first-order valence-corrected chi connectivity index (χ1v) is 9.74. The van der Waals surface area contributed by atoms with Gasteiger partial charge in [0.15, 0.2) is 0 Å². The van der Waals surface area contributed by atoms with Crippen molar-refractivity contribution in [2.45, 2.75) is 77.0 Å². The zero-order valence-electron chi connectivity index (χ0n) is 14.5. The molecule has 0 spiro atoms. The van der Waals surface area contributed by atoms with Gasteiger partial charge in [-0.15, -0.1) is 12.6 Å². The summed E-state index contributed by atoms with van der Waals surface area (Å²) in [6.45, 7) is 1.90. The van der Waals surface area contributed by atoms with Crippen LogP contribution in [-0.2, 0) is 0 Å². The predicted octanol–water partition coefficient (Wildman–Crippen LogP) is 1.68. The monoisotopic (exact) mass is 353 g/mol. The summed E-state index contributed by atoms with van der Waals surface area (Å²) in [5, 5.41) is 3.09. The van der Waals surface area contributed by atoms with Crippen LogP contribution >= 0.6 is 24.8 Å². The number of rotatable bonds is 5. The predicted molar refractivity (Wildman–Crippen MR) is 101 cm³/mol. The molecule has 0 saturated heterocycles. The SMILES string of the molecule is NCCC1CCCCC1.S=C(S)NCCC1CCCCC1.[Na+]. The Balaban J connectivity index is 0.000000397.